The van der Waals surface area contributed by atoms with E-state index in [0.717, 1.165) is 25.7 Å². The highest BCUT2D eigenvalue weighted by Gasteiger charge is 2.23. The van der Waals surface area contributed by atoms with Gasteiger partial charge in [0, 0.05) is 19.4 Å². The van der Waals surface area contributed by atoms with Gasteiger partial charge in [-0.2, -0.15) is 0 Å². The molecule has 0 bridgehead atoms. The van der Waals surface area contributed by atoms with Gasteiger partial charge in [0.05, 0.1) is 13.2 Å². The highest BCUT2D eigenvalue weighted by atomic mass is 31.2. The molecule has 0 aliphatic heterocycles. The molecule has 0 rings (SSSR count). The quantitative estimate of drug-likeness (QED) is 0.0331. The van der Waals surface area contributed by atoms with E-state index in [4.69, 9.17) is 13.8 Å². The maximum atomic E-state index is 11.9. The summed E-state index contributed by atoms with van der Waals surface area (Å²) < 4.78 is 26.3. The largest absolute Gasteiger partial charge is 0.472 e. The number of rotatable bonds is 30. The van der Waals surface area contributed by atoms with E-state index in [0.29, 0.717) is 12.8 Å². The molecule has 0 radical (unpaired) electrons. The van der Waals surface area contributed by atoms with Gasteiger partial charge in [-0.05, 0) is 38.5 Å². The molecule has 10 heteroatoms. The number of phosphoric ester groups is 1. The number of carbonyl (C=O) groups is 2. The monoisotopic (exact) mass is 605 g/mol. The van der Waals surface area contributed by atoms with Gasteiger partial charge >= 0.3 is 13.8 Å². The van der Waals surface area contributed by atoms with Crippen LogP contribution in [-0.4, -0.2) is 54.3 Å². The minimum atomic E-state index is -4.38. The number of hydrogen-bond acceptors (Lipinski definition) is 7. The summed E-state index contributed by atoms with van der Waals surface area (Å²) in [6, 6.07) is 0. The summed E-state index contributed by atoms with van der Waals surface area (Å²) in [7, 11) is -4.38. The van der Waals surface area contributed by atoms with Gasteiger partial charge in [-0.15, -0.1) is 0 Å². The molecule has 0 aliphatic rings. The Morgan fingerprint density at radius 3 is 1.85 bits per heavy atom. The Morgan fingerprint density at radius 2 is 1.27 bits per heavy atom. The van der Waals surface area contributed by atoms with Crippen molar-refractivity contribution in [2.24, 2.45) is 0 Å². The molecule has 0 aromatic carbocycles. The van der Waals surface area contributed by atoms with Crippen LogP contribution in [0.15, 0.2) is 12.2 Å². The van der Waals surface area contributed by atoms with Crippen LogP contribution < -0.4 is 5.32 Å². The first-order chi connectivity index (χ1) is 19.8. The van der Waals surface area contributed by atoms with E-state index in [1.165, 1.54) is 83.5 Å². The summed E-state index contributed by atoms with van der Waals surface area (Å²) in [6.45, 7) is 3.25. The van der Waals surface area contributed by atoms with E-state index >= 15 is 0 Å². The summed E-state index contributed by atoms with van der Waals surface area (Å²) in [5.41, 5.74) is 0. The third-order valence-corrected chi connectivity index (χ3v) is 7.68. The molecular formula is C31H60NO8P. The van der Waals surface area contributed by atoms with E-state index in [9.17, 15) is 24.2 Å². The second-order valence-electron chi connectivity index (χ2n) is 10.8. The molecule has 242 valence electrons. The highest BCUT2D eigenvalue weighted by Crippen LogP contribution is 2.42. The van der Waals surface area contributed by atoms with Crippen LogP contribution in [-0.2, 0) is 27.9 Å². The van der Waals surface area contributed by atoms with Crippen LogP contribution >= 0.6 is 7.82 Å². The zero-order valence-electron chi connectivity index (χ0n) is 26.0. The van der Waals surface area contributed by atoms with Crippen molar-refractivity contribution in [3.63, 3.8) is 0 Å². The van der Waals surface area contributed by atoms with Crippen molar-refractivity contribution in [2.75, 3.05) is 26.4 Å². The van der Waals surface area contributed by atoms with Crippen molar-refractivity contribution in [1.29, 1.82) is 0 Å². The van der Waals surface area contributed by atoms with Gasteiger partial charge < -0.3 is 20.1 Å². The fraction of sp³-hybridized carbons (Fsp3) is 0.871. The van der Waals surface area contributed by atoms with Crippen LogP contribution in [0.3, 0.4) is 0 Å². The van der Waals surface area contributed by atoms with Gasteiger partial charge in [-0.3, -0.25) is 18.6 Å². The number of carbonyl (C=O) groups excluding carboxylic acids is 2. The number of aliphatic hydroxyl groups excluding tert-OH is 1. The molecule has 0 saturated heterocycles. The van der Waals surface area contributed by atoms with Crippen LogP contribution in [0.1, 0.15) is 142 Å². The fourth-order valence-electron chi connectivity index (χ4n) is 4.17. The van der Waals surface area contributed by atoms with Crippen molar-refractivity contribution in [2.45, 2.75) is 148 Å². The lowest BCUT2D eigenvalue weighted by Crippen LogP contribution is -2.27. The Morgan fingerprint density at radius 1 is 0.732 bits per heavy atom. The van der Waals surface area contributed by atoms with Gasteiger partial charge in [-0.25, -0.2) is 4.57 Å². The van der Waals surface area contributed by atoms with Crippen molar-refractivity contribution >= 4 is 19.7 Å². The minimum absolute atomic E-state index is 0.0812. The standard InChI is InChI=1S/C31H60NO8P/c1-3-5-7-8-9-10-11-12-13-14-15-16-17-18-19-20-21-22-23-30(34)32-25-26-39-41(36,37)40-28-29(33)27-38-31(35)24-6-4-2/h13-14,29,33H,3-12,15-28H2,1-2H3,(H,32,34)(H,36,37)/b14-13-. The molecule has 3 N–H and O–H groups in total. The topological polar surface area (TPSA) is 131 Å². The first-order valence-electron chi connectivity index (χ1n) is 16.2. The average molecular weight is 606 g/mol. The first-order valence-corrected chi connectivity index (χ1v) is 17.7. The lowest BCUT2D eigenvalue weighted by Gasteiger charge is -2.15. The number of hydrogen-bond donors (Lipinski definition) is 3. The average Bonchev–Trinajstić information content (AvgIpc) is 2.95. The van der Waals surface area contributed by atoms with Gasteiger partial charge in [0.25, 0.3) is 0 Å². The van der Waals surface area contributed by atoms with Gasteiger partial charge in [0.1, 0.15) is 12.7 Å². The summed E-state index contributed by atoms with van der Waals surface area (Å²) in [5, 5.41) is 12.4. The van der Waals surface area contributed by atoms with E-state index in [-0.39, 0.29) is 32.1 Å². The van der Waals surface area contributed by atoms with Gasteiger partial charge in [0.2, 0.25) is 5.91 Å². The SMILES string of the molecule is CCCCCCCCC/C=C\CCCCCCCCCC(=O)NCCOP(=O)(O)OCC(O)COC(=O)CCCC. The lowest BCUT2D eigenvalue weighted by molar-refractivity contribution is -0.147. The predicted molar refractivity (Wildman–Crippen MR) is 165 cm³/mol. The molecule has 0 saturated carbocycles. The molecule has 41 heavy (non-hydrogen) atoms. The molecule has 0 heterocycles. The third kappa shape index (κ3) is 30.0. The molecule has 0 aliphatic carbocycles. The number of phosphoric acid groups is 1. The Labute approximate surface area is 249 Å². The normalized spacial score (nSPS) is 13.8. The van der Waals surface area contributed by atoms with Crippen LogP contribution in [0.5, 0.6) is 0 Å². The second kappa shape index (κ2) is 28.9. The Balaban J connectivity index is 3.54. The molecule has 0 aromatic heterocycles. The lowest BCUT2D eigenvalue weighted by atomic mass is 10.1. The molecule has 2 unspecified atom stereocenters. The third-order valence-electron chi connectivity index (χ3n) is 6.70. The summed E-state index contributed by atoms with van der Waals surface area (Å²) in [5.74, 6) is -0.557. The molecule has 0 aromatic rings. The summed E-state index contributed by atoms with van der Waals surface area (Å²) in [6.07, 6.45) is 25.5. The second-order valence-corrected chi connectivity index (χ2v) is 12.2. The van der Waals surface area contributed by atoms with Crippen LogP contribution in [0, 0.1) is 0 Å². The maximum Gasteiger partial charge on any atom is 0.472 e. The predicted octanol–water partition coefficient (Wildman–Crippen LogP) is 7.54. The Kier molecular flexibility index (Phi) is 28.0. The molecule has 9 nitrogen and oxygen atoms in total. The number of allylic oxidation sites excluding steroid dienone is 2. The molecule has 0 spiro atoms. The molecular weight excluding hydrogens is 545 g/mol. The van der Waals surface area contributed by atoms with E-state index in [1.807, 2.05) is 6.92 Å². The maximum absolute atomic E-state index is 11.9. The Hall–Kier alpha value is -1.25. The summed E-state index contributed by atoms with van der Waals surface area (Å²) >= 11 is 0. The smallest absolute Gasteiger partial charge is 0.463 e. The van der Waals surface area contributed by atoms with Crippen LogP contribution in [0.4, 0.5) is 0 Å². The number of ether oxygens (including phenoxy) is 1. The van der Waals surface area contributed by atoms with Crippen molar-refractivity contribution in [3.8, 4) is 0 Å². The number of unbranched alkanes of at least 4 members (excludes halogenated alkanes) is 15. The fourth-order valence-corrected chi connectivity index (χ4v) is 4.93. The highest BCUT2D eigenvalue weighted by molar-refractivity contribution is 7.47. The van der Waals surface area contributed by atoms with E-state index in [2.05, 4.69) is 24.4 Å². The molecule has 2 atom stereocenters. The number of amides is 1. The van der Waals surface area contributed by atoms with Gasteiger partial charge in [-0.1, -0.05) is 103 Å². The van der Waals surface area contributed by atoms with Crippen molar-refractivity contribution in [1.82, 2.24) is 5.32 Å². The van der Waals surface area contributed by atoms with Crippen LogP contribution in [0.25, 0.3) is 0 Å². The molecule has 0 fully saturated rings. The van der Waals surface area contributed by atoms with Gasteiger partial charge in [0.15, 0.2) is 0 Å². The summed E-state index contributed by atoms with van der Waals surface area (Å²) in [4.78, 5) is 33.0. The zero-order valence-corrected chi connectivity index (χ0v) is 26.9. The number of nitrogens with one attached hydrogen (secondary N) is 1. The zero-order chi connectivity index (χ0) is 30.4. The number of aliphatic hydroxyl groups is 1. The first kappa shape index (κ1) is 39.8. The minimum Gasteiger partial charge on any atom is -0.463 e. The van der Waals surface area contributed by atoms with E-state index < -0.39 is 26.5 Å². The van der Waals surface area contributed by atoms with Crippen LogP contribution in [0.2, 0.25) is 0 Å². The van der Waals surface area contributed by atoms with Crippen molar-refractivity contribution in [3.05, 3.63) is 12.2 Å². The molecule has 1 amide bonds. The number of esters is 1. The van der Waals surface area contributed by atoms with Crippen molar-refractivity contribution < 1.29 is 37.9 Å². The Bertz CT molecular complexity index is 704. The van der Waals surface area contributed by atoms with E-state index in [1.54, 1.807) is 0 Å².